The van der Waals surface area contributed by atoms with Crippen molar-refractivity contribution in [2.75, 3.05) is 19.0 Å². The van der Waals surface area contributed by atoms with Crippen LogP contribution in [0.15, 0.2) is 23.5 Å². The second kappa shape index (κ2) is 5.80. The van der Waals surface area contributed by atoms with Gasteiger partial charge in [0.05, 0.1) is 12.4 Å². The van der Waals surface area contributed by atoms with E-state index < -0.39 is 5.97 Å². The molecule has 0 amide bonds. The Labute approximate surface area is 120 Å². The summed E-state index contributed by atoms with van der Waals surface area (Å²) in [5, 5.41) is 9.55. The smallest absolute Gasteiger partial charge is 0.313 e. The zero-order valence-corrected chi connectivity index (χ0v) is 11.7. The molecular formula is C13H15N3O3S. The zero-order valence-electron chi connectivity index (χ0n) is 10.9. The summed E-state index contributed by atoms with van der Waals surface area (Å²) in [6.07, 6.45) is 2.76. The first-order chi connectivity index (χ1) is 9.74. The first-order valence-corrected chi connectivity index (χ1v) is 7.46. The fourth-order valence-corrected chi connectivity index (χ4v) is 3.06. The first kappa shape index (κ1) is 13.4. The number of hydrogen-bond acceptors (Lipinski definition) is 5. The second-order valence-electron chi connectivity index (χ2n) is 4.76. The Balaban J connectivity index is 1.91. The van der Waals surface area contributed by atoms with E-state index >= 15 is 0 Å². The Kier molecular flexibility index (Phi) is 3.88. The average Bonchev–Trinajstić information content (AvgIpc) is 3.05. The molecule has 0 saturated carbocycles. The lowest BCUT2D eigenvalue weighted by Crippen LogP contribution is -2.12. The lowest BCUT2D eigenvalue weighted by Gasteiger charge is -2.11. The summed E-state index contributed by atoms with van der Waals surface area (Å²) in [6.45, 7) is 2.31. The molecule has 3 rings (SSSR count). The predicted octanol–water partition coefficient (Wildman–Crippen LogP) is 1.64. The molecule has 1 unspecified atom stereocenters. The fraction of sp³-hybridized carbons (Fsp3) is 0.462. The number of fused-ring (bicyclic) bond motifs is 1. The number of carboxylic acids is 1. The number of aliphatic carboxylic acids is 1. The van der Waals surface area contributed by atoms with E-state index in [0.29, 0.717) is 11.1 Å². The Bertz CT molecular complexity index is 622. The summed E-state index contributed by atoms with van der Waals surface area (Å²) >= 11 is 1.24. The molecule has 20 heavy (non-hydrogen) atoms. The molecule has 2 aromatic heterocycles. The summed E-state index contributed by atoms with van der Waals surface area (Å²) < 4.78 is 7.42. The van der Waals surface area contributed by atoms with Crippen molar-refractivity contribution >= 4 is 28.9 Å². The van der Waals surface area contributed by atoms with Crippen LogP contribution >= 0.6 is 11.8 Å². The van der Waals surface area contributed by atoms with Crippen molar-refractivity contribution in [3.63, 3.8) is 0 Å². The van der Waals surface area contributed by atoms with Gasteiger partial charge in [0.15, 0.2) is 10.8 Å². The van der Waals surface area contributed by atoms with Gasteiger partial charge in [-0.05, 0) is 18.6 Å². The lowest BCUT2D eigenvalue weighted by atomic mass is 10.1. The molecule has 1 fully saturated rings. The molecule has 0 spiro atoms. The molecule has 0 radical (unpaired) electrons. The number of imidazole rings is 1. The maximum atomic E-state index is 10.8. The van der Waals surface area contributed by atoms with Crippen molar-refractivity contribution in [1.29, 1.82) is 0 Å². The molecule has 0 aromatic carbocycles. The van der Waals surface area contributed by atoms with Gasteiger partial charge in [0.2, 0.25) is 0 Å². The Morgan fingerprint density at radius 2 is 2.50 bits per heavy atom. The van der Waals surface area contributed by atoms with E-state index in [2.05, 4.69) is 9.97 Å². The third kappa shape index (κ3) is 2.78. The van der Waals surface area contributed by atoms with Gasteiger partial charge in [-0.1, -0.05) is 11.8 Å². The molecule has 1 N–H and O–H groups in total. The predicted molar refractivity (Wildman–Crippen MR) is 74.8 cm³/mol. The Hall–Kier alpha value is -1.60. The molecule has 1 aliphatic heterocycles. The van der Waals surface area contributed by atoms with Gasteiger partial charge < -0.3 is 14.4 Å². The highest BCUT2D eigenvalue weighted by Crippen LogP contribution is 2.25. The largest absolute Gasteiger partial charge is 0.481 e. The number of aromatic nitrogens is 3. The summed E-state index contributed by atoms with van der Waals surface area (Å²) in [7, 11) is 0. The van der Waals surface area contributed by atoms with Crippen LogP contribution in [0.3, 0.4) is 0 Å². The van der Waals surface area contributed by atoms with E-state index in [0.717, 1.165) is 37.3 Å². The van der Waals surface area contributed by atoms with Gasteiger partial charge in [-0.15, -0.1) is 0 Å². The van der Waals surface area contributed by atoms with Gasteiger partial charge in [0, 0.05) is 25.3 Å². The van der Waals surface area contributed by atoms with Crippen LogP contribution in [0.25, 0.3) is 11.2 Å². The van der Waals surface area contributed by atoms with Crippen molar-refractivity contribution in [2.45, 2.75) is 18.1 Å². The highest BCUT2D eigenvalue weighted by atomic mass is 32.2. The maximum Gasteiger partial charge on any atom is 0.313 e. The lowest BCUT2D eigenvalue weighted by molar-refractivity contribution is -0.133. The molecule has 7 heteroatoms. The van der Waals surface area contributed by atoms with E-state index in [1.165, 1.54) is 11.8 Å². The van der Waals surface area contributed by atoms with Crippen LogP contribution < -0.4 is 0 Å². The van der Waals surface area contributed by atoms with Crippen LogP contribution in [0.5, 0.6) is 0 Å². The van der Waals surface area contributed by atoms with E-state index in [-0.39, 0.29) is 5.75 Å². The van der Waals surface area contributed by atoms with E-state index in [4.69, 9.17) is 9.84 Å². The summed E-state index contributed by atoms with van der Waals surface area (Å²) in [5.41, 5.74) is 1.62. The molecule has 0 aliphatic carbocycles. The third-order valence-electron chi connectivity index (χ3n) is 3.26. The molecule has 0 bridgehead atoms. The second-order valence-corrected chi connectivity index (χ2v) is 5.71. The number of rotatable bonds is 5. The molecule has 3 heterocycles. The molecule has 1 saturated heterocycles. The van der Waals surface area contributed by atoms with E-state index in [1.54, 1.807) is 6.20 Å². The third-order valence-corrected chi connectivity index (χ3v) is 4.22. The topological polar surface area (TPSA) is 77.2 Å². The maximum absolute atomic E-state index is 10.8. The van der Waals surface area contributed by atoms with Crippen LogP contribution in [-0.4, -0.2) is 44.6 Å². The summed E-state index contributed by atoms with van der Waals surface area (Å²) in [6, 6.07) is 3.73. The van der Waals surface area contributed by atoms with Crippen molar-refractivity contribution in [1.82, 2.24) is 14.5 Å². The van der Waals surface area contributed by atoms with Gasteiger partial charge in [0.1, 0.15) is 5.52 Å². The van der Waals surface area contributed by atoms with Gasteiger partial charge in [-0.3, -0.25) is 4.79 Å². The minimum absolute atomic E-state index is 0.00445. The molecule has 1 atom stereocenters. The van der Waals surface area contributed by atoms with Crippen LogP contribution in [0.2, 0.25) is 0 Å². The summed E-state index contributed by atoms with van der Waals surface area (Å²) in [5.74, 6) is -0.394. The number of carboxylic acid groups (broad SMARTS) is 1. The van der Waals surface area contributed by atoms with Crippen LogP contribution in [0.1, 0.15) is 6.42 Å². The van der Waals surface area contributed by atoms with Crippen molar-refractivity contribution in [2.24, 2.45) is 5.92 Å². The molecular weight excluding hydrogens is 278 g/mol. The molecule has 6 nitrogen and oxygen atoms in total. The number of hydrogen-bond donors (Lipinski definition) is 1. The highest BCUT2D eigenvalue weighted by Gasteiger charge is 2.20. The van der Waals surface area contributed by atoms with Crippen molar-refractivity contribution in [3.05, 3.63) is 18.3 Å². The van der Waals surface area contributed by atoms with Gasteiger partial charge in [-0.2, -0.15) is 0 Å². The standard InChI is InChI=1S/C13H15N3O3S/c17-11(18)8-20-13-15-10-2-1-4-14-12(10)16(13)6-9-3-5-19-7-9/h1-2,4,9H,3,5-8H2,(H,17,18). The monoisotopic (exact) mass is 293 g/mol. The fourth-order valence-electron chi connectivity index (χ4n) is 2.32. The van der Waals surface area contributed by atoms with E-state index in [9.17, 15) is 4.79 Å². The number of nitrogens with zero attached hydrogens (tertiary/aromatic N) is 3. The number of ether oxygens (including phenoxy) is 1. The van der Waals surface area contributed by atoms with Gasteiger partial charge in [-0.25, -0.2) is 9.97 Å². The Morgan fingerprint density at radius 3 is 3.25 bits per heavy atom. The first-order valence-electron chi connectivity index (χ1n) is 6.47. The number of carbonyl (C=O) groups is 1. The SMILES string of the molecule is O=C(O)CSc1nc2cccnc2n1CC1CCOC1. The quantitative estimate of drug-likeness (QED) is 0.845. The van der Waals surface area contributed by atoms with Crippen molar-refractivity contribution in [3.8, 4) is 0 Å². The van der Waals surface area contributed by atoms with E-state index in [1.807, 2.05) is 16.7 Å². The number of pyridine rings is 1. The van der Waals surface area contributed by atoms with Gasteiger partial charge in [0.25, 0.3) is 0 Å². The minimum Gasteiger partial charge on any atom is -0.481 e. The average molecular weight is 293 g/mol. The zero-order chi connectivity index (χ0) is 13.9. The summed E-state index contributed by atoms with van der Waals surface area (Å²) in [4.78, 5) is 19.6. The van der Waals surface area contributed by atoms with Crippen molar-refractivity contribution < 1.29 is 14.6 Å². The number of thioether (sulfide) groups is 1. The molecule has 2 aromatic rings. The van der Waals surface area contributed by atoms with Gasteiger partial charge >= 0.3 is 5.97 Å². The molecule has 1 aliphatic rings. The van der Waals surface area contributed by atoms with Crippen LogP contribution in [0.4, 0.5) is 0 Å². The van der Waals surface area contributed by atoms with Crippen LogP contribution in [-0.2, 0) is 16.1 Å². The molecule has 106 valence electrons. The highest BCUT2D eigenvalue weighted by molar-refractivity contribution is 7.99. The minimum atomic E-state index is -0.842. The Morgan fingerprint density at radius 1 is 1.60 bits per heavy atom. The van der Waals surface area contributed by atoms with Crippen LogP contribution in [0, 0.1) is 5.92 Å². The normalized spacial score (nSPS) is 18.7.